The molecule has 0 aliphatic heterocycles. The Morgan fingerprint density at radius 1 is 1.50 bits per heavy atom. The van der Waals surface area contributed by atoms with Crippen LogP contribution in [0.2, 0.25) is 0 Å². The third-order valence-electron chi connectivity index (χ3n) is 2.55. The van der Waals surface area contributed by atoms with Crippen molar-refractivity contribution in [1.82, 2.24) is 18.8 Å². The van der Waals surface area contributed by atoms with Crippen molar-refractivity contribution in [2.45, 2.75) is 19.9 Å². The van der Waals surface area contributed by atoms with Crippen LogP contribution in [0.3, 0.4) is 0 Å². The van der Waals surface area contributed by atoms with Crippen molar-refractivity contribution in [3.8, 4) is 0 Å². The second-order valence-electron chi connectivity index (χ2n) is 3.94. The van der Waals surface area contributed by atoms with Crippen molar-refractivity contribution in [3.63, 3.8) is 0 Å². The van der Waals surface area contributed by atoms with E-state index in [0.29, 0.717) is 0 Å². The first-order valence-electron chi connectivity index (χ1n) is 4.94. The van der Waals surface area contributed by atoms with E-state index in [1.807, 2.05) is 14.0 Å². The van der Waals surface area contributed by atoms with Gasteiger partial charge in [-0.05, 0) is 13.8 Å². The Hall–Kier alpha value is -0.920. The summed E-state index contributed by atoms with van der Waals surface area (Å²) >= 11 is 0. The van der Waals surface area contributed by atoms with E-state index in [4.69, 9.17) is 0 Å². The van der Waals surface area contributed by atoms with Gasteiger partial charge in [0, 0.05) is 38.4 Å². The normalized spacial score (nSPS) is 14.4. The van der Waals surface area contributed by atoms with Crippen molar-refractivity contribution in [3.05, 3.63) is 17.5 Å². The Morgan fingerprint density at radius 3 is 2.44 bits per heavy atom. The summed E-state index contributed by atoms with van der Waals surface area (Å²) in [6.45, 7) is 3.70. The zero-order chi connectivity index (χ0) is 12.5. The molecular formula is C9H18N4O2S. The topological polar surface area (TPSA) is 67.2 Å². The molecule has 1 N–H and O–H groups in total. The molecule has 0 aromatic carbocycles. The fraction of sp³-hybridized carbons (Fsp3) is 0.667. The molecule has 7 heteroatoms. The van der Waals surface area contributed by atoms with Gasteiger partial charge in [-0.2, -0.15) is 22.5 Å². The van der Waals surface area contributed by atoms with Crippen LogP contribution in [-0.2, 0) is 17.3 Å². The average Bonchev–Trinajstić information content (AvgIpc) is 2.46. The Balaban J connectivity index is 2.89. The van der Waals surface area contributed by atoms with Crippen LogP contribution < -0.4 is 4.72 Å². The molecule has 1 heterocycles. The van der Waals surface area contributed by atoms with Gasteiger partial charge in [0.2, 0.25) is 0 Å². The van der Waals surface area contributed by atoms with E-state index in [2.05, 4.69) is 9.82 Å². The van der Waals surface area contributed by atoms with Crippen LogP contribution in [-0.4, -0.2) is 36.6 Å². The molecule has 1 aromatic heterocycles. The highest BCUT2D eigenvalue weighted by atomic mass is 32.2. The number of hydrogen-bond donors (Lipinski definition) is 1. The van der Waals surface area contributed by atoms with E-state index in [-0.39, 0.29) is 6.04 Å². The number of nitrogens with zero attached hydrogens (tertiary/aromatic N) is 3. The number of aromatic nitrogens is 2. The van der Waals surface area contributed by atoms with Gasteiger partial charge in [-0.3, -0.25) is 4.68 Å². The van der Waals surface area contributed by atoms with Crippen molar-refractivity contribution >= 4 is 10.2 Å². The van der Waals surface area contributed by atoms with E-state index in [1.54, 1.807) is 17.8 Å². The number of nitrogens with one attached hydrogen (secondary N) is 1. The summed E-state index contributed by atoms with van der Waals surface area (Å²) in [7, 11) is 1.40. The fourth-order valence-electron chi connectivity index (χ4n) is 1.33. The number of hydrogen-bond acceptors (Lipinski definition) is 3. The van der Waals surface area contributed by atoms with Crippen LogP contribution in [0, 0.1) is 6.92 Å². The molecule has 0 radical (unpaired) electrons. The summed E-state index contributed by atoms with van der Waals surface area (Å²) in [5, 5.41) is 4.08. The van der Waals surface area contributed by atoms with Crippen molar-refractivity contribution in [2.24, 2.45) is 7.05 Å². The highest BCUT2D eigenvalue weighted by Crippen LogP contribution is 2.17. The predicted octanol–water partition coefficient (Wildman–Crippen LogP) is 0.186. The zero-order valence-corrected chi connectivity index (χ0v) is 11.0. The summed E-state index contributed by atoms with van der Waals surface area (Å²) in [6, 6.07) is -0.291. The second kappa shape index (κ2) is 4.52. The molecule has 1 rings (SSSR count). The maximum atomic E-state index is 11.6. The van der Waals surface area contributed by atoms with E-state index >= 15 is 0 Å². The maximum absolute atomic E-state index is 11.6. The number of aryl methyl sites for hydroxylation is 1. The molecule has 0 saturated carbocycles. The van der Waals surface area contributed by atoms with Gasteiger partial charge in [0.1, 0.15) is 0 Å². The average molecular weight is 246 g/mol. The molecule has 1 atom stereocenters. The lowest BCUT2D eigenvalue weighted by atomic mass is 10.1. The predicted molar refractivity (Wildman–Crippen MR) is 62.1 cm³/mol. The van der Waals surface area contributed by atoms with Gasteiger partial charge >= 0.3 is 0 Å². The first kappa shape index (κ1) is 13.1. The lowest BCUT2D eigenvalue weighted by Gasteiger charge is -2.17. The van der Waals surface area contributed by atoms with Crippen LogP contribution in [0.4, 0.5) is 0 Å². The van der Waals surface area contributed by atoms with E-state index in [9.17, 15) is 8.42 Å². The van der Waals surface area contributed by atoms with Crippen LogP contribution >= 0.6 is 0 Å². The smallest absolute Gasteiger partial charge is 0.273 e. The fourth-order valence-corrected chi connectivity index (χ4v) is 2.12. The molecule has 1 aromatic rings. The third kappa shape index (κ3) is 2.60. The molecule has 0 fully saturated rings. The highest BCUT2D eigenvalue weighted by molar-refractivity contribution is 7.87. The Morgan fingerprint density at radius 2 is 2.06 bits per heavy atom. The van der Waals surface area contributed by atoms with Crippen LogP contribution in [0.25, 0.3) is 0 Å². The van der Waals surface area contributed by atoms with Gasteiger partial charge in [-0.1, -0.05) is 0 Å². The minimum Gasteiger partial charge on any atom is -0.273 e. The number of rotatable bonds is 4. The molecule has 0 amide bonds. The van der Waals surface area contributed by atoms with Gasteiger partial charge in [0.15, 0.2) is 0 Å². The van der Waals surface area contributed by atoms with Gasteiger partial charge in [0.25, 0.3) is 10.2 Å². The minimum absolute atomic E-state index is 0.291. The molecule has 1 unspecified atom stereocenters. The molecule has 0 aliphatic carbocycles. The largest absolute Gasteiger partial charge is 0.279 e. The van der Waals surface area contributed by atoms with Crippen molar-refractivity contribution < 1.29 is 8.42 Å². The standard InChI is InChI=1S/C9H18N4O2S/c1-7(11-16(14,15)12(3)4)9-6-10-13(5)8(9)2/h6-7,11H,1-5H3. The van der Waals surface area contributed by atoms with Crippen molar-refractivity contribution in [2.75, 3.05) is 14.1 Å². The van der Waals surface area contributed by atoms with Gasteiger partial charge in [-0.25, -0.2) is 0 Å². The third-order valence-corrected chi connectivity index (χ3v) is 4.16. The maximum Gasteiger partial charge on any atom is 0.279 e. The second-order valence-corrected chi connectivity index (χ2v) is 5.85. The summed E-state index contributed by atoms with van der Waals surface area (Å²) in [5.41, 5.74) is 1.84. The van der Waals surface area contributed by atoms with Crippen molar-refractivity contribution in [1.29, 1.82) is 0 Å². The lowest BCUT2D eigenvalue weighted by Crippen LogP contribution is -2.37. The molecule has 16 heavy (non-hydrogen) atoms. The molecule has 6 nitrogen and oxygen atoms in total. The molecule has 92 valence electrons. The van der Waals surface area contributed by atoms with E-state index in [0.717, 1.165) is 15.6 Å². The quantitative estimate of drug-likeness (QED) is 0.824. The minimum atomic E-state index is -3.41. The van der Waals surface area contributed by atoms with Crippen LogP contribution in [0.1, 0.15) is 24.2 Å². The summed E-state index contributed by atoms with van der Waals surface area (Å²) in [5.74, 6) is 0. The van der Waals surface area contributed by atoms with E-state index < -0.39 is 10.2 Å². The summed E-state index contributed by atoms with van der Waals surface area (Å²) in [6.07, 6.45) is 1.68. The van der Waals surface area contributed by atoms with Crippen LogP contribution in [0.15, 0.2) is 6.20 Å². The Kier molecular flexibility index (Phi) is 3.72. The zero-order valence-electron chi connectivity index (χ0n) is 10.2. The molecule has 0 saturated heterocycles. The first-order chi connectivity index (χ1) is 7.25. The Bertz CT molecular complexity index is 464. The van der Waals surface area contributed by atoms with E-state index in [1.165, 1.54) is 14.1 Å². The molecule has 0 bridgehead atoms. The summed E-state index contributed by atoms with van der Waals surface area (Å²) in [4.78, 5) is 0. The lowest BCUT2D eigenvalue weighted by molar-refractivity contribution is 0.494. The Labute approximate surface area is 96.4 Å². The molecule has 0 spiro atoms. The van der Waals surface area contributed by atoms with Gasteiger partial charge in [0.05, 0.1) is 6.20 Å². The van der Waals surface area contributed by atoms with Gasteiger partial charge in [-0.15, -0.1) is 0 Å². The molecular weight excluding hydrogens is 228 g/mol. The molecule has 0 aliphatic rings. The SMILES string of the molecule is Cc1c(C(C)NS(=O)(=O)N(C)C)cnn1C. The first-order valence-corrected chi connectivity index (χ1v) is 6.38. The monoisotopic (exact) mass is 246 g/mol. The van der Waals surface area contributed by atoms with Gasteiger partial charge < -0.3 is 0 Å². The van der Waals surface area contributed by atoms with Crippen LogP contribution in [0.5, 0.6) is 0 Å². The summed E-state index contributed by atoms with van der Waals surface area (Å²) < 4.78 is 28.7. The highest BCUT2D eigenvalue weighted by Gasteiger charge is 2.20.